The summed E-state index contributed by atoms with van der Waals surface area (Å²) in [6.45, 7) is 5.27. The van der Waals surface area contributed by atoms with Gasteiger partial charge in [-0.1, -0.05) is 48.0 Å². The maximum atomic E-state index is 12.0. The number of hydrogen-bond donors (Lipinski definition) is 1. The average molecular weight is 402 g/mol. The van der Waals surface area contributed by atoms with Crippen LogP contribution in [0.25, 0.3) is 0 Å². The summed E-state index contributed by atoms with van der Waals surface area (Å²) in [5.74, 6) is 1.42. The van der Waals surface area contributed by atoms with E-state index >= 15 is 0 Å². The zero-order valence-corrected chi connectivity index (χ0v) is 17.3. The van der Waals surface area contributed by atoms with Gasteiger partial charge in [0.15, 0.2) is 0 Å². The first-order valence-corrected chi connectivity index (χ1v) is 9.93. The van der Waals surface area contributed by atoms with Crippen molar-refractivity contribution in [1.29, 1.82) is 0 Å². The highest BCUT2D eigenvalue weighted by Gasteiger charge is 2.02. The molecule has 0 heterocycles. The third-order valence-electron chi connectivity index (χ3n) is 4.42. The Morgan fingerprint density at radius 2 is 1.73 bits per heavy atom. The van der Waals surface area contributed by atoms with Crippen LogP contribution < -0.4 is 14.9 Å². The van der Waals surface area contributed by atoms with Crippen LogP contribution in [-0.2, 0) is 0 Å². The molecule has 0 spiro atoms. The molecule has 0 atom stereocenters. The number of aryl methyl sites for hydroxylation is 2. The van der Waals surface area contributed by atoms with Crippen molar-refractivity contribution in [2.75, 3.05) is 13.2 Å². The fourth-order valence-electron chi connectivity index (χ4n) is 2.90. The van der Waals surface area contributed by atoms with Crippen molar-refractivity contribution in [1.82, 2.24) is 5.43 Å². The summed E-state index contributed by atoms with van der Waals surface area (Å²) < 4.78 is 11.6. The summed E-state index contributed by atoms with van der Waals surface area (Å²) >= 11 is 0. The van der Waals surface area contributed by atoms with Crippen molar-refractivity contribution in [3.8, 4) is 11.5 Å². The Balaban J connectivity index is 1.42. The monoisotopic (exact) mass is 402 g/mol. The molecule has 30 heavy (non-hydrogen) atoms. The van der Waals surface area contributed by atoms with E-state index in [0.717, 1.165) is 29.0 Å². The first-order valence-electron chi connectivity index (χ1n) is 9.93. The normalized spacial score (nSPS) is 10.7. The van der Waals surface area contributed by atoms with Crippen molar-refractivity contribution in [2.24, 2.45) is 5.10 Å². The summed E-state index contributed by atoms with van der Waals surface area (Å²) in [5, 5.41) is 4.02. The van der Waals surface area contributed by atoms with Gasteiger partial charge in [-0.15, -0.1) is 0 Å². The summed E-state index contributed by atoms with van der Waals surface area (Å²) in [5.41, 5.74) is 6.30. The van der Waals surface area contributed by atoms with Gasteiger partial charge in [0.2, 0.25) is 0 Å². The van der Waals surface area contributed by atoms with Crippen molar-refractivity contribution in [3.63, 3.8) is 0 Å². The maximum absolute atomic E-state index is 12.0. The molecule has 0 aliphatic carbocycles. The first kappa shape index (κ1) is 21.1. The second kappa shape index (κ2) is 10.8. The largest absolute Gasteiger partial charge is 0.493 e. The molecular weight excluding hydrogens is 376 g/mol. The van der Waals surface area contributed by atoms with E-state index in [9.17, 15) is 4.79 Å². The molecule has 0 aromatic heterocycles. The van der Waals surface area contributed by atoms with Crippen molar-refractivity contribution < 1.29 is 14.3 Å². The molecule has 5 heteroatoms. The standard InChI is InChI=1S/C25H26N2O3/c1-19-12-13-24(20(2)16-19)30-15-7-14-29-23-11-6-8-21(17-23)18-26-27-25(28)22-9-4-3-5-10-22/h3-6,8-13,16-18H,7,14-15H2,1-2H3,(H,27,28)/b26-18-. The average Bonchev–Trinajstić information content (AvgIpc) is 2.76. The van der Waals surface area contributed by atoms with E-state index in [1.54, 1.807) is 18.3 Å². The van der Waals surface area contributed by atoms with E-state index in [-0.39, 0.29) is 5.91 Å². The number of ether oxygens (including phenoxy) is 2. The third kappa shape index (κ3) is 6.48. The molecule has 3 rings (SSSR count). The van der Waals surface area contributed by atoms with Gasteiger partial charge in [-0.3, -0.25) is 4.79 Å². The number of nitrogens with zero attached hydrogens (tertiary/aromatic N) is 1. The molecule has 3 aromatic rings. The van der Waals surface area contributed by atoms with Gasteiger partial charge in [-0.05, 0) is 55.3 Å². The van der Waals surface area contributed by atoms with E-state index in [1.165, 1.54) is 5.56 Å². The molecule has 0 fully saturated rings. The minimum Gasteiger partial charge on any atom is -0.493 e. The Kier molecular flexibility index (Phi) is 7.61. The van der Waals surface area contributed by atoms with Crippen LogP contribution in [0.3, 0.4) is 0 Å². The van der Waals surface area contributed by atoms with Crippen molar-refractivity contribution in [2.45, 2.75) is 20.3 Å². The molecule has 0 aliphatic rings. The highest BCUT2D eigenvalue weighted by Crippen LogP contribution is 2.19. The molecule has 154 valence electrons. The van der Waals surface area contributed by atoms with E-state index in [0.29, 0.717) is 18.8 Å². The number of hydrazone groups is 1. The third-order valence-corrected chi connectivity index (χ3v) is 4.42. The summed E-state index contributed by atoms with van der Waals surface area (Å²) in [7, 11) is 0. The minimum absolute atomic E-state index is 0.247. The SMILES string of the molecule is Cc1ccc(OCCCOc2cccc(/C=N\NC(=O)c3ccccc3)c2)c(C)c1. The van der Waals surface area contributed by atoms with E-state index in [1.807, 2.05) is 61.5 Å². The molecule has 1 N–H and O–H groups in total. The van der Waals surface area contributed by atoms with Gasteiger partial charge in [0, 0.05) is 12.0 Å². The highest BCUT2D eigenvalue weighted by molar-refractivity contribution is 5.94. The van der Waals surface area contributed by atoms with Gasteiger partial charge in [0.1, 0.15) is 11.5 Å². The molecule has 5 nitrogen and oxygen atoms in total. The quantitative estimate of drug-likeness (QED) is 0.314. The summed E-state index contributed by atoms with van der Waals surface area (Å²) in [4.78, 5) is 12.0. The van der Waals surface area contributed by atoms with Crippen LogP contribution in [0.15, 0.2) is 77.9 Å². The number of benzene rings is 3. The Morgan fingerprint density at radius 3 is 2.53 bits per heavy atom. The minimum atomic E-state index is -0.247. The summed E-state index contributed by atoms with van der Waals surface area (Å²) in [6, 6.07) is 22.7. The lowest BCUT2D eigenvalue weighted by atomic mass is 10.1. The van der Waals surface area contributed by atoms with E-state index in [2.05, 4.69) is 23.5 Å². The zero-order chi connectivity index (χ0) is 21.2. The van der Waals surface area contributed by atoms with E-state index < -0.39 is 0 Å². The molecular formula is C25H26N2O3. The Bertz CT molecular complexity index is 1000. The maximum Gasteiger partial charge on any atom is 0.271 e. The number of carbonyl (C=O) groups excluding carboxylic acids is 1. The number of hydrogen-bond acceptors (Lipinski definition) is 4. The predicted molar refractivity (Wildman–Crippen MR) is 119 cm³/mol. The van der Waals surface area contributed by atoms with Crippen LogP contribution in [0.4, 0.5) is 0 Å². The van der Waals surface area contributed by atoms with Crippen molar-refractivity contribution in [3.05, 3.63) is 95.1 Å². The molecule has 0 radical (unpaired) electrons. The molecule has 0 saturated carbocycles. The van der Waals surface area contributed by atoms with Crippen LogP contribution in [0.5, 0.6) is 11.5 Å². The van der Waals surface area contributed by atoms with Gasteiger partial charge >= 0.3 is 0 Å². The number of rotatable bonds is 9. The van der Waals surface area contributed by atoms with E-state index in [4.69, 9.17) is 9.47 Å². The molecule has 0 saturated heterocycles. The van der Waals surface area contributed by atoms with Gasteiger partial charge in [-0.2, -0.15) is 5.10 Å². The van der Waals surface area contributed by atoms with Crippen LogP contribution >= 0.6 is 0 Å². The smallest absolute Gasteiger partial charge is 0.271 e. The van der Waals surface area contributed by atoms with Gasteiger partial charge in [0.05, 0.1) is 19.4 Å². The number of amides is 1. The Labute approximate surface area is 177 Å². The van der Waals surface area contributed by atoms with Gasteiger partial charge in [0.25, 0.3) is 5.91 Å². The topological polar surface area (TPSA) is 59.9 Å². The zero-order valence-electron chi connectivity index (χ0n) is 17.3. The van der Waals surface area contributed by atoms with Crippen LogP contribution in [-0.4, -0.2) is 25.3 Å². The first-order chi connectivity index (χ1) is 14.6. The van der Waals surface area contributed by atoms with Crippen molar-refractivity contribution >= 4 is 12.1 Å². The molecule has 0 bridgehead atoms. The summed E-state index contributed by atoms with van der Waals surface area (Å²) in [6.07, 6.45) is 2.37. The van der Waals surface area contributed by atoms with Crippen LogP contribution in [0.2, 0.25) is 0 Å². The number of nitrogens with one attached hydrogen (secondary N) is 1. The fourth-order valence-corrected chi connectivity index (χ4v) is 2.90. The Hall–Kier alpha value is -3.60. The van der Waals surface area contributed by atoms with Crippen LogP contribution in [0, 0.1) is 13.8 Å². The number of carbonyl (C=O) groups is 1. The lowest BCUT2D eigenvalue weighted by Gasteiger charge is -2.10. The Morgan fingerprint density at radius 1 is 0.933 bits per heavy atom. The molecule has 0 aliphatic heterocycles. The highest BCUT2D eigenvalue weighted by atomic mass is 16.5. The predicted octanol–water partition coefficient (Wildman–Crippen LogP) is 4.92. The molecule has 3 aromatic carbocycles. The second-order valence-corrected chi connectivity index (χ2v) is 6.96. The van der Waals surface area contributed by atoms with Gasteiger partial charge < -0.3 is 9.47 Å². The lowest BCUT2D eigenvalue weighted by molar-refractivity contribution is 0.0955. The van der Waals surface area contributed by atoms with Crippen LogP contribution in [0.1, 0.15) is 33.5 Å². The molecule has 0 unspecified atom stereocenters. The van der Waals surface area contributed by atoms with Gasteiger partial charge in [-0.25, -0.2) is 5.43 Å². The second-order valence-electron chi connectivity index (χ2n) is 6.96. The lowest BCUT2D eigenvalue weighted by Crippen LogP contribution is -2.17. The molecule has 1 amide bonds. The fraction of sp³-hybridized carbons (Fsp3) is 0.200.